The van der Waals surface area contributed by atoms with Gasteiger partial charge in [0.15, 0.2) is 0 Å². The summed E-state index contributed by atoms with van der Waals surface area (Å²) in [6, 6.07) is 8.20. The van der Waals surface area contributed by atoms with Crippen LogP contribution in [0.5, 0.6) is 0 Å². The number of piperidine rings is 1. The standard InChI is InChI=1S/C20H27ClN2O.ClH/c21-16-7-5-15(6-8-16)18(14-3-1-2-4-14)23-19(24)17-13-20(17)9-11-22-12-10-20;/h5-8,14,17-18,22H,1-4,9-13H2,(H,23,24);1H. The summed E-state index contributed by atoms with van der Waals surface area (Å²) in [6.45, 7) is 2.13. The van der Waals surface area contributed by atoms with Crippen LogP contribution in [0.15, 0.2) is 24.3 Å². The lowest BCUT2D eigenvalue weighted by Crippen LogP contribution is -2.37. The van der Waals surface area contributed by atoms with Crippen LogP contribution in [-0.2, 0) is 4.79 Å². The van der Waals surface area contributed by atoms with E-state index >= 15 is 0 Å². The lowest BCUT2D eigenvalue weighted by atomic mass is 9.89. The van der Waals surface area contributed by atoms with Crippen LogP contribution in [0.25, 0.3) is 0 Å². The van der Waals surface area contributed by atoms with Crippen LogP contribution in [0.2, 0.25) is 5.02 Å². The molecule has 2 N–H and O–H groups in total. The smallest absolute Gasteiger partial charge is 0.224 e. The summed E-state index contributed by atoms with van der Waals surface area (Å²) in [5, 5.41) is 7.59. The van der Waals surface area contributed by atoms with Crippen molar-refractivity contribution in [2.45, 2.75) is 51.0 Å². The third-order valence-electron chi connectivity index (χ3n) is 6.50. The highest BCUT2D eigenvalue weighted by Gasteiger charge is 2.57. The molecular formula is C20H28Cl2N2O. The molecule has 3 aliphatic rings. The molecule has 0 radical (unpaired) electrons. The number of amides is 1. The molecular weight excluding hydrogens is 355 g/mol. The van der Waals surface area contributed by atoms with Crippen molar-refractivity contribution in [3.05, 3.63) is 34.9 Å². The molecule has 1 saturated heterocycles. The third kappa shape index (κ3) is 3.99. The number of rotatable bonds is 4. The van der Waals surface area contributed by atoms with Crippen molar-refractivity contribution in [1.29, 1.82) is 0 Å². The van der Waals surface area contributed by atoms with Crippen LogP contribution in [0.3, 0.4) is 0 Å². The summed E-state index contributed by atoms with van der Waals surface area (Å²) < 4.78 is 0. The first-order valence-corrected chi connectivity index (χ1v) is 9.82. The Morgan fingerprint density at radius 1 is 1.16 bits per heavy atom. The zero-order valence-corrected chi connectivity index (χ0v) is 16.2. The van der Waals surface area contributed by atoms with Gasteiger partial charge in [0.05, 0.1) is 6.04 Å². The normalized spacial score (nSPS) is 26.0. The van der Waals surface area contributed by atoms with Gasteiger partial charge in [-0.25, -0.2) is 0 Å². The Labute approximate surface area is 161 Å². The second-order valence-corrected chi connectivity index (χ2v) is 8.39. The van der Waals surface area contributed by atoms with E-state index in [9.17, 15) is 4.79 Å². The second-order valence-electron chi connectivity index (χ2n) is 7.95. The largest absolute Gasteiger partial charge is 0.349 e. The van der Waals surface area contributed by atoms with Gasteiger partial charge in [0.2, 0.25) is 5.91 Å². The Balaban J connectivity index is 0.00000182. The van der Waals surface area contributed by atoms with Gasteiger partial charge in [0.25, 0.3) is 0 Å². The van der Waals surface area contributed by atoms with E-state index in [-0.39, 0.29) is 30.3 Å². The van der Waals surface area contributed by atoms with E-state index in [1.54, 1.807) is 0 Å². The maximum atomic E-state index is 12.9. The molecule has 138 valence electrons. The Morgan fingerprint density at radius 2 is 1.80 bits per heavy atom. The predicted octanol–water partition coefficient (Wildman–Crippen LogP) is 4.50. The molecule has 1 aromatic rings. The molecule has 2 unspecified atom stereocenters. The summed E-state index contributed by atoms with van der Waals surface area (Å²) in [6.07, 6.45) is 8.38. The van der Waals surface area contributed by atoms with Crippen molar-refractivity contribution in [2.75, 3.05) is 13.1 Å². The van der Waals surface area contributed by atoms with Gasteiger partial charge >= 0.3 is 0 Å². The van der Waals surface area contributed by atoms with Crippen LogP contribution in [0.4, 0.5) is 0 Å². The van der Waals surface area contributed by atoms with Gasteiger partial charge in [-0.1, -0.05) is 36.6 Å². The first-order valence-electron chi connectivity index (χ1n) is 9.45. The highest BCUT2D eigenvalue weighted by Crippen LogP contribution is 2.58. The summed E-state index contributed by atoms with van der Waals surface area (Å²) in [5.41, 5.74) is 1.51. The maximum absolute atomic E-state index is 12.9. The molecule has 2 atom stereocenters. The molecule has 3 fully saturated rings. The summed E-state index contributed by atoms with van der Waals surface area (Å²) >= 11 is 6.05. The van der Waals surface area contributed by atoms with E-state index in [0.717, 1.165) is 37.4 Å². The minimum absolute atomic E-state index is 0. The fourth-order valence-electron chi connectivity index (χ4n) is 4.88. The van der Waals surface area contributed by atoms with Crippen LogP contribution in [0, 0.1) is 17.3 Å². The van der Waals surface area contributed by atoms with Crippen molar-refractivity contribution in [3.8, 4) is 0 Å². The van der Waals surface area contributed by atoms with E-state index in [0.29, 0.717) is 11.3 Å². The molecule has 2 aliphatic carbocycles. The third-order valence-corrected chi connectivity index (χ3v) is 6.76. The molecule has 1 aromatic carbocycles. The molecule has 2 saturated carbocycles. The average Bonchev–Trinajstić information content (AvgIpc) is 3.04. The monoisotopic (exact) mass is 382 g/mol. The van der Waals surface area contributed by atoms with Crippen molar-refractivity contribution in [1.82, 2.24) is 10.6 Å². The van der Waals surface area contributed by atoms with Crippen molar-refractivity contribution >= 4 is 29.9 Å². The Morgan fingerprint density at radius 3 is 2.44 bits per heavy atom. The molecule has 25 heavy (non-hydrogen) atoms. The number of nitrogens with one attached hydrogen (secondary N) is 2. The SMILES string of the molecule is Cl.O=C(NC(c1ccc(Cl)cc1)C1CCCC1)C1CC12CCNCC2. The minimum atomic E-state index is 0. The molecule has 4 rings (SSSR count). The van der Waals surface area contributed by atoms with Crippen LogP contribution >= 0.6 is 24.0 Å². The van der Waals surface area contributed by atoms with E-state index in [2.05, 4.69) is 22.8 Å². The number of halogens is 2. The predicted molar refractivity (Wildman–Crippen MR) is 104 cm³/mol. The van der Waals surface area contributed by atoms with Crippen molar-refractivity contribution < 1.29 is 4.79 Å². The molecule has 1 heterocycles. The molecule has 0 aromatic heterocycles. The molecule has 0 bridgehead atoms. The average molecular weight is 383 g/mol. The Hall–Kier alpha value is -0.770. The minimum Gasteiger partial charge on any atom is -0.349 e. The summed E-state index contributed by atoms with van der Waals surface area (Å²) in [4.78, 5) is 12.9. The van der Waals surface area contributed by atoms with Gasteiger partial charge < -0.3 is 10.6 Å². The molecule has 1 spiro atoms. The van der Waals surface area contributed by atoms with E-state index < -0.39 is 0 Å². The number of hydrogen-bond donors (Lipinski definition) is 2. The van der Waals surface area contributed by atoms with Gasteiger partial charge in [0.1, 0.15) is 0 Å². The maximum Gasteiger partial charge on any atom is 0.224 e. The van der Waals surface area contributed by atoms with Gasteiger partial charge in [0, 0.05) is 10.9 Å². The zero-order valence-electron chi connectivity index (χ0n) is 14.6. The fraction of sp³-hybridized carbons (Fsp3) is 0.650. The van der Waals surface area contributed by atoms with Gasteiger partial charge in [-0.15, -0.1) is 12.4 Å². The van der Waals surface area contributed by atoms with Crippen LogP contribution in [0.1, 0.15) is 56.6 Å². The highest BCUT2D eigenvalue weighted by molar-refractivity contribution is 6.30. The summed E-state index contributed by atoms with van der Waals surface area (Å²) in [5.74, 6) is 1.08. The highest BCUT2D eigenvalue weighted by atomic mass is 35.5. The molecule has 5 heteroatoms. The van der Waals surface area contributed by atoms with Gasteiger partial charge in [-0.3, -0.25) is 4.79 Å². The van der Waals surface area contributed by atoms with E-state index in [4.69, 9.17) is 11.6 Å². The van der Waals surface area contributed by atoms with E-state index in [1.807, 2.05) is 12.1 Å². The van der Waals surface area contributed by atoms with Crippen LogP contribution in [-0.4, -0.2) is 19.0 Å². The Bertz CT molecular complexity index is 592. The topological polar surface area (TPSA) is 41.1 Å². The molecule has 1 aliphatic heterocycles. The van der Waals surface area contributed by atoms with Crippen LogP contribution < -0.4 is 10.6 Å². The summed E-state index contributed by atoms with van der Waals surface area (Å²) in [7, 11) is 0. The zero-order chi connectivity index (χ0) is 16.6. The first-order chi connectivity index (χ1) is 11.7. The lowest BCUT2D eigenvalue weighted by Gasteiger charge is -2.27. The quantitative estimate of drug-likeness (QED) is 0.804. The number of carbonyl (C=O) groups is 1. The van der Waals surface area contributed by atoms with Gasteiger partial charge in [-0.05, 0) is 74.2 Å². The van der Waals surface area contributed by atoms with Crippen molar-refractivity contribution in [2.24, 2.45) is 17.3 Å². The number of hydrogen-bond acceptors (Lipinski definition) is 2. The van der Waals surface area contributed by atoms with E-state index in [1.165, 1.54) is 31.2 Å². The Kier molecular flexibility index (Phi) is 5.97. The molecule has 3 nitrogen and oxygen atoms in total. The number of benzene rings is 1. The molecule has 1 amide bonds. The first kappa shape index (κ1) is 19.0. The lowest BCUT2D eigenvalue weighted by molar-refractivity contribution is -0.124. The number of carbonyl (C=O) groups excluding carboxylic acids is 1. The fourth-order valence-corrected chi connectivity index (χ4v) is 5.01. The van der Waals surface area contributed by atoms with Crippen molar-refractivity contribution in [3.63, 3.8) is 0 Å². The second kappa shape index (κ2) is 7.85. The van der Waals surface area contributed by atoms with Gasteiger partial charge in [-0.2, -0.15) is 0 Å².